The molecule has 1 heterocycles. The maximum Gasteiger partial charge on any atom is 0.262 e. The third-order valence-electron chi connectivity index (χ3n) is 3.67. The number of hydrogen-bond acceptors (Lipinski definition) is 4. The van der Waals surface area contributed by atoms with E-state index in [2.05, 4.69) is 4.72 Å². The molecule has 0 aliphatic carbocycles. The van der Waals surface area contributed by atoms with Gasteiger partial charge in [-0.25, -0.2) is 8.42 Å². The van der Waals surface area contributed by atoms with Crippen LogP contribution in [0.5, 0.6) is 11.5 Å². The molecule has 0 bridgehead atoms. The highest BCUT2D eigenvalue weighted by molar-refractivity contribution is 7.92. The lowest BCUT2D eigenvalue weighted by molar-refractivity contribution is 0.297. The fourth-order valence-corrected chi connectivity index (χ4v) is 3.50. The molecule has 0 fully saturated rings. The number of anilines is 1. The zero-order chi connectivity index (χ0) is 16.4. The van der Waals surface area contributed by atoms with Crippen LogP contribution in [0.3, 0.4) is 0 Å². The Hall–Kier alpha value is -2.21. The number of fused-ring (bicyclic) bond motifs is 1. The second-order valence-corrected chi connectivity index (χ2v) is 7.27. The molecule has 0 unspecified atom stereocenters. The number of ether oxygens (including phenoxy) is 2. The minimum atomic E-state index is -3.68. The molecule has 0 aromatic heterocycles. The van der Waals surface area contributed by atoms with Crippen molar-refractivity contribution in [2.45, 2.75) is 25.2 Å². The molecule has 122 valence electrons. The lowest BCUT2D eigenvalue weighted by atomic mass is 10.1. The number of sulfonamides is 1. The van der Waals surface area contributed by atoms with Gasteiger partial charge in [-0.3, -0.25) is 4.72 Å². The van der Waals surface area contributed by atoms with Crippen LogP contribution in [0.15, 0.2) is 41.3 Å². The van der Waals surface area contributed by atoms with Gasteiger partial charge in [-0.1, -0.05) is 12.1 Å². The predicted molar refractivity (Wildman–Crippen MR) is 88.8 cm³/mol. The molecule has 1 N–H and O–H groups in total. The molecule has 2 aromatic carbocycles. The molecule has 0 saturated heterocycles. The van der Waals surface area contributed by atoms with E-state index in [1.54, 1.807) is 6.07 Å². The second kappa shape index (κ2) is 6.12. The maximum atomic E-state index is 12.6. The van der Waals surface area contributed by atoms with Gasteiger partial charge in [-0.05, 0) is 43.2 Å². The average molecular weight is 333 g/mol. The average Bonchev–Trinajstić information content (AvgIpc) is 2.75. The fourth-order valence-electron chi connectivity index (χ4n) is 2.36. The Morgan fingerprint density at radius 1 is 0.957 bits per heavy atom. The van der Waals surface area contributed by atoms with Crippen molar-refractivity contribution in [3.8, 4) is 11.5 Å². The van der Waals surface area contributed by atoms with Crippen LogP contribution in [0.1, 0.15) is 17.5 Å². The number of benzene rings is 2. The minimum absolute atomic E-state index is 0.155. The summed E-state index contributed by atoms with van der Waals surface area (Å²) in [6.07, 6.45) is 0.775. The molecular formula is C17H19NO4S. The van der Waals surface area contributed by atoms with E-state index in [-0.39, 0.29) is 4.90 Å². The molecule has 0 saturated carbocycles. The summed E-state index contributed by atoms with van der Waals surface area (Å²) in [5, 5.41) is 0. The van der Waals surface area contributed by atoms with Crippen LogP contribution in [0.2, 0.25) is 0 Å². The van der Waals surface area contributed by atoms with Gasteiger partial charge in [0.15, 0.2) is 11.5 Å². The van der Waals surface area contributed by atoms with Crippen molar-refractivity contribution in [1.82, 2.24) is 0 Å². The van der Waals surface area contributed by atoms with Gasteiger partial charge < -0.3 is 9.47 Å². The highest BCUT2D eigenvalue weighted by atomic mass is 32.2. The second-order valence-electron chi connectivity index (χ2n) is 5.58. The van der Waals surface area contributed by atoms with Crippen LogP contribution in [0.4, 0.5) is 5.69 Å². The molecular weight excluding hydrogens is 314 g/mol. The summed E-state index contributed by atoms with van der Waals surface area (Å²) in [7, 11) is -3.68. The van der Waals surface area contributed by atoms with Crippen LogP contribution in [-0.4, -0.2) is 21.6 Å². The van der Waals surface area contributed by atoms with E-state index >= 15 is 0 Å². The standard InChI is InChI=1S/C17H19NO4S/c1-12-4-5-13(2)15(10-12)18-23(19,20)14-6-7-16-17(11-14)22-9-3-8-21-16/h4-7,10-11,18H,3,8-9H2,1-2H3. The van der Waals surface area contributed by atoms with Gasteiger partial charge in [0.1, 0.15) is 0 Å². The Balaban J connectivity index is 1.93. The molecule has 1 aliphatic rings. The summed E-state index contributed by atoms with van der Waals surface area (Å²) in [6.45, 7) is 4.87. The van der Waals surface area contributed by atoms with Crippen molar-refractivity contribution in [3.05, 3.63) is 47.5 Å². The van der Waals surface area contributed by atoms with Gasteiger partial charge in [-0.2, -0.15) is 0 Å². The van der Waals surface area contributed by atoms with Crippen molar-refractivity contribution in [2.24, 2.45) is 0 Å². The summed E-state index contributed by atoms with van der Waals surface area (Å²) < 4.78 is 39.0. The minimum Gasteiger partial charge on any atom is -0.490 e. The largest absolute Gasteiger partial charge is 0.490 e. The first-order valence-corrected chi connectivity index (χ1v) is 8.94. The normalized spacial score (nSPS) is 14.2. The zero-order valence-corrected chi connectivity index (χ0v) is 13.9. The summed E-state index contributed by atoms with van der Waals surface area (Å²) in [6, 6.07) is 10.3. The van der Waals surface area contributed by atoms with Gasteiger partial charge >= 0.3 is 0 Å². The third-order valence-corrected chi connectivity index (χ3v) is 5.03. The molecule has 0 atom stereocenters. The van der Waals surface area contributed by atoms with Gasteiger partial charge in [0.05, 0.1) is 23.8 Å². The maximum absolute atomic E-state index is 12.6. The Morgan fingerprint density at radius 3 is 2.48 bits per heavy atom. The number of rotatable bonds is 3. The molecule has 5 nitrogen and oxygen atoms in total. The number of hydrogen-bond donors (Lipinski definition) is 1. The SMILES string of the molecule is Cc1ccc(C)c(NS(=O)(=O)c2ccc3c(c2)OCCCO3)c1. The smallest absolute Gasteiger partial charge is 0.262 e. The van der Waals surface area contributed by atoms with Crippen LogP contribution in [0, 0.1) is 13.8 Å². The predicted octanol–water partition coefficient (Wildman–Crippen LogP) is 3.27. The Bertz CT molecular complexity index is 830. The number of aryl methyl sites for hydroxylation is 2. The third kappa shape index (κ3) is 3.42. The Labute approximate surface area is 136 Å². The molecule has 6 heteroatoms. The van der Waals surface area contributed by atoms with Crippen molar-refractivity contribution in [2.75, 3.05) is 17.9 Å². The van der Waals surface area contributed by atoms with E-state index < -0.39 is 10.0 Å². The first kappa shape index (κ1) is 15.7. The van der Waals surface area contributed by atoms with Crippen molar-refractivity contribution in [3.63, 3.8) is 0 Å². The van der Waals surface area contributed by atoms with Crippen LogP contribution in [0.25, 0.3) is 0 Å². The van der Waals surface area contributed by atoms with Crippen LogP contribution in [-0.2, 0) is 10.0 Å². The lowest BCUT2D eigenvalue weighted by Crippen LogP contribution is -2.14. The molecule has 23 heavy (non-hydrogen) atoms. The highest BCUT2D eigenvalue weighted by Crippen LogP contribution is 2.32. The first-order chi connectivity index (χ1) is 11.0. The van der Waals surface area contributed by atoms with Crippen molar-refractivity contribution < 1.29 is 17.9 Å². The van der Waals surface area contributed by atoms with Gasteiger partial charge in [0.25, 0.3) is 10.0 Å². The Morgan fingerprint density at radius 2 is 1.70 bits per heavy atom. The zero-order valence-electron chi connectivity index (χ0n) is 13.1. The molecule has 0 radical (unpaired) electrons. The fraction of sp³-hybridized carbons (Fsp3) is 0.294. The number of nitrogens with one attached hydrogen (secondary N) is 1. The van der Waals surface area contributed by atoms with E-state index in [0.29, 0.717) is 30.4 Å². The monoisotopic (exact) mass is 333 g/mol. The summed E-state index contributed by atoms with van der Waals surface area (Å²) in [5.41, 5.74) is 2.44. The van der Waals surface area contributed by atoms with E-state index in [0.717, 1.165) is 17.5 Å². The van der Waals surface area contributed by atoms with E-state index in [9.17, 15) is 8.42 Å². The summed E-state index contributed by atoms with van der Waals surface area (Å²) >= 11 is 0. The van der Waals surface area contributed by atoms with E-state index in [1.165, 1.54) is 12.1 Å². The highest BCUT2D eigenvalue weighted by Gasteiger charge is 2.19. The molecule has 3 rings (SSSR count). The topological polar surface area (TPSA) is 64.6 Å². The van der Waals surface area contributed by atoms with Gasteiger partial charge in [0, 0.05) is 12.5 Å². The molecule has 0 spiro atoms. The van der Waals surface area contributed by atoms with Gasteiger partial charge in [0.2, 0.25) is 0 Å². The van der Waals surface area contributed by atoms with Crippen LogP contribution >= 0.6 is 0 Å². The van der Waals surface area contributed by atoms with Crippen molar-refractivity contribution >= 4 is 15.7 Å². The lowest BCUT2D eigenvalue weighted by Gasteiger charge is -2.13. The first-order valence-electron chi connectivity index (χ1n) is 7.45. The quantitative estimate of drug-likeness (QED) is 0.936. The summed E-state index contributed by atoms with van der Waals surface area (Å²) in [5.74, 6) is 1.04. The summed E-state index contributed by atoms with van der Waals surface area (Å²) in [4.78, 5) is 0.155. The molecule has 0 amide bonds. The van der Waals surface area contributed by atoms with E-state index in [1.807, 2.05) is 32.0 Å². The van der Waals surface area contributed by atoms with Crippen molar-refractivity contribution in [1.29, 1.82) is 0 Å². The van der Waals surface area contributed by atoms with Gasteiger partial charge in [-0.15, -0.1) is 0 Å². The van der Waals surface area contributed by atoms with Crippen LogP contribution < -0.4 is 14.2 Å². The van der Waals surface area contributed by atoms with E-state index in [4.69, 9.17) is 9.47 Å². The molecule has 1 aliphatic heterocycles. The Kier molecular flexibility index (Phi) is 4.17. The molecule has 2 aromatic rings.